The number of hydrogen-bond acceptors (Lipinski definition) is 5. The molecule has 0 unspecified atom stereocenters. The molecule has 1 aromatic heterocycles. The van der Waals surface area contributed by atoms with Gasteiger partial charge in [0.15, 0.2) is 0 Å². The quantitative estimate of drug-likeness (QED) is 0.789. The van der Waals surface area contributed by atoms with E-state index in [1.54, 1.807) is 24.3 Å². The van der Waals surface area contributed by atoms with Crippen LogP contribution in [-0.2, 0) is 0 Å². The Bertz CT molecular complexity index is 834. The lowest BCUT2D eigenvalue weighted by molar-refractivity contribution is 0.340. The number of rotatable bonds is 6. The maximum Gasteiger partial charge on any atom is 0.335 e. The van der Waals surface area contributed by atoms with E-state index in [0.717, 1.165) is 11.0 Å². The molecule has 0 amide bonds. The maximum atomic E-state index is 12.1. The Morgan fingerprint density at radius 3 is 2.54 bits per heavy atom. The summed E-state index contributed by atoms with van der Waals surface area (Å²) >= 11 is 0. The molecule has 0 saturated heterocycles. The molecule has 1 atom stereocenters. The summed E-state index contributed by atoms with van der Waals surface area (Å²) in [6.07, 6.45) is 2.10. The van der Waals surface area contributed by atoms with Gasteiger partial charge >= 0.3 is 5.69 Å². The lowest BCUT2D eigenvalue weighted by Gasteiger charge is -2.11. The van der Waals surface area contributed by atoms with Gasteiger partial charge in [-0.25, -0.2) is 9.36 Å². The molecule has 0 spiro atoms. The first-order chi connectivity index (χ1) is 11.5. The highest BCUT2D eigenvalue weighted by Gasteiger charge is 2.14. The fraction of sp³-hybridized carbons (Fsp3) is 0.353. The summed E-state index contributed by atoms with van der Waals surface area (Å²) in [5.41, 5.74) is -1.03. The summed E-state index contributed by atoms with van der Waals surface area (Å²) in [6.45, 7) is 6.26. The molecule has 0 aliphatic heterocycles. The van der Waals surface area contributed by atoms with Gasteiger partial charge in [0.1, 0.15) is 11.3 Å². The lowest BCUT2D eigenvalue weighted by atomic mass is 10.2. The van der Waals surface area contributed by atoms with E-state index >= 15 is 0 Å². The number of nitrogens with zero attached hydrogens (tertiary/aromatic N) is 2. The van der Waals surface area contributed by atoms with Crippen molar-refractivity contribution in [1.82, 2.24) is 9.55 Å². The largest absolute Gasteiger partial charge is 0.494 e. The van der Waals surface area contributed by atoms with Crippen molar-refractivity contribution in [2.24, 2.45) is 4.99 Å². The van der Waals surface area contributed by atoms with E-state index in [1.807, 2.05) is 20.8 Å². The van der Waals surface area contributed by atoms with Gasteiger partial charge in [0, 0.05) is 12.3 Å². The molecule has 2 N–H and O–H groups in total. The van der Waals surface area contributed by atoms with E-state index in [4.69, 9.17) is 4.74 Å². The van der Waals surface area contributed by atoms with E-state index in [1.165, 1.54) is 6.21 Å². The predicted molar refractivity (Wildman–Crippen MR) is 92.8 cm³/mol. The van der Waals surface area contributed by atoms with Crippen molar-refractivity contribution >= 4 is 6.21 Å². The zero-order chi connectivity index (χ0) is 17.7. The van der Waals surface area contributed by atoms with Gasteiger partial charge in [-0.3, -0.25) is 14.8 Å². The average molecular weight is 331 g/mol. The molecule has 1 aromatic carbocycles. The summed E-state index contributed by atoms with van der Waals surface area (Å²) in [5.74, 6) is 0.205. The number of aromatic amines is 1. The van der Waals surface area contributed by atoms with Crippen molar-refractivity contribution in [3.63, 3.8) is 0 Å². The number of aliphatic imine (C=N–C) groups is 1. The van der Waals surface area contributed by atoms with E-state index in [0.29, 0.717) is 18.0 Å². The fourth-order valence-corrected chi connectivity index (χ4v) is 2.06. The number of benzene rings is 1. The Kier molecular flexibility index (Phi) is 5.57. The second-order valence-corrected chi connectivity index (χ2v) is 5.29. The molecule has 24 heavy (non-hydrogen) atoms. The van der Waals surface area contributed by atoms with Gasteiger partial charge < -0.3 is 9.84 Å². The van der Waals surface area contributed by atoms with Crippen LogP contribution in [0.15, 0.2) is 38.8 Å². The minimum atomic E-state index is -0.720. The normalized spacial score (nSPS) is 12.5. The van der Waals surface area contributed by atoms with Crippen LogP contribution in [0.1, 0.15) is 32.8 Å². The van der Waals surface area contributed by atoms with Crippen molar-refractivity contribution in [1.29, 1.82) is 0 Å². The SMILES string of the molecule is CCOc1ccc(-n2c(O)c(C=N[C@H](C)CC)c(=O)[nH]c2=O)cc1. The molecule has 0 radical (unpaired) electrons. The second kappa shape index (κ2) is 7.63. The maximum absolute atomic E-state index is 12.1. The van der Waals surface area contributed by atoms with E-state index in [2.05, 4.69) is 9.98 Å². The number of ether oxygens (including phenoxy) is 1. The zero-order valence-electron chi connectivity index (χ0n) is 13.9. The van der Waals surface area contributed by atoms with E-state index < -0.39 is 17.1 Å². The molecule has 2 rings (SSSR count). The van der Waals surface area contributed by atoms with Gasteiger partial charge in [0.25, 0.3) is 5.56 Å². The molecule has 1 heterocycles. The van der Waals surface area contributed by atoms with Crippen LogP contribution < -0.4 is 16.0 Å². The highest BCUT2D eigenvalue weighted by atomic mass is 16.5. The fourth-order valence-electron chi connectivity index (χ4n) is 2.06. The van der Waals surface area contributed by atoms with Crippen LogP contribution in [0.2, 0.25) is 0 Å². The summed E-state index contributed by atoms with van der Waals surface area (Å²) in [5, 5.41) is 10.4. The first-order valence-corrected chi connectivity index (χ1v) is 7.82. The summed E-state index contributed by atoms with van der Waals surface area (Å²) in [7, 11) is 0. The van der Waals surface area contributed by atoms with Crippen molar-refractivity contribution in [3.8, 4) is 17.3 Å². The molecule has 7 nitrogen and oxygen atoms in total. The Hall–Kier alpha value is -2.83. The summed E-state index contributed by atoms with van der Waals surface area (Å²) < 4.78 is 6.37. The third-order valence-corrected chi connectivity index (χ3v) is 3.58. The molecule has 2 aromatic rings. The number of aromatic nitrogens is 2. The van der Waals surface area contributed by atoms with E-state index in [-0.39, 0.29) is 11.6 Å². The van der Waals surface area contributed by atoms with Gasteiger partial charge in [-0.05, 0) is 44.5 Å². The number of nitrogens with one attached hydrogen (secondary N) is 1. The Balaban J connectivity index is 2.52. The molecule has 128 valence electrons. The standard InChI is InChI=1S/C17H21N3O4/c1-4-11(3)18-10-14-15(21)19-17(23)20(16(14)22)12-6-8-13(9-7-12)24-5-2/h6-11,22H,4-5H2,1-3H3,(H,19,21,23)/t11-/m1/s1. The van der Waals surface area contributed by atoms with Gasteiger partial charge in [0.2, 0.25) is 5.88 Å². The van der Waals surface area contributed by atoms with Crippen LogP contribution in [0.25, 0.3) is 5.69 Å². The number of aromatic hydroxyl groups is 1. The van der Waals surface area contributed by atoms with Crippen molar-refractivity contribution in [2.45, 2.75) is 33.2 Å². The molecule has 0 fully saturated rings. The van der Waals surface area contributed by atoms with Gasteiger partial charge in [-0.15, -0.1) is 0 Å². The number of H-pyrrole nitrogens is 1. The molecule has 7 heteroatoms. The molecule has 0 saturated carbocycles. The van der Waals surface area contributed by atoms with Gasteiger partial charge in [-0.1, -0.05) is 6.92 Å². The minimum Gasteiger partial charge on any atom is -0.494 e. The molecule has 0 aliphatic carbocycles. The first-order valence-electron chi connectivity index (χ1n) is 7.82. The van der Waals surface area contributed by atoms with Crippen LogP contribution in [0, 0.1) is 0 Å². The van der Waals surface area contributed by atoms with Gasteiger partial charge in [0.05, 0.1) is 12.3 Å². The van der Waals surface area contributed by atoms with Crippen LogP contribution >= 0.6 is 0 Å². The van der Waals surface area contributed by atoms with E-state index in [9.17, 15) is 14.7 Å². The lowest BCUT2D eigenvalue weighted by Crippen LogP contribution is -2.31. The van der Waals surface area contributed by atoms with Crippen LogP contribution in [0.4, 0.5) is 0 Å². The van der Waals surface area contributed by atoms with Gasteiger partial charge in [-0.2, -0.15) is 0 Å². The van der Waals surface area contributed by atoms with Crippen molar-refractivity contribution < 1.29 is 9.84 Å². The third kappa shape index (κ3) is 3.73. The minimum absolute atomic E-state index is 0.00894. The predicted octanol–water partition coefficient (Wildman–Crippen LogP) is 1.85. The first kappa shape index (κ1) is 17.5. The summed E-state index contributed by atoms with van der Waals surface area (Å²) in [4.78, 5) is 30.4. The Labute approximate surface area is 139 Å². The third-order valence-electron chi connectivity index (χ3n) is 3.58. The number of hydrogen-bond donors (Lipinski definition) is 2. The van der Waals surface area contributed by atoms with Crippen molar-refractivity contribution in [2.75, 3.05) is 6.61 Å². The molecule has 0 aliphatic rings. The highest BCUT2D eigenvalue weighted by Crippen LogP contribution is 2.19. The topological polar surface area (TPSA) is 96.7 Å². The molecule has 0 bridgehead atoms. The Morgan fingerprint density at radius 1 is 1.29 bits per heavy atom. The molecular weight excluding hydrogens is 310 g/mol. The Morgan fingerprint density at radius 2 is 1.96 bits per heavy atom. The second-order valence-electron chi connectivity index (χ2n) is 5.29. The average Bonchev–Trinajstić information content (AvgIpc) is 2.55. The van der Waals surface area contributed by atoms with Crippen LogP contribution in [0.3, 0.4) is 0 Å². The van der Waals surface area contributed by atoms with Crippen LogP contribution in [-0.4, -0.2) is 33.5 Å². The monoisotopic (exact) mass is 331 g/mol. The van der Waals surface area contributed by atoms with Crippen LogP contribution in [0.5, 0.6) is 11.6 Å². The van der Waals surface area contributed by atoms with Crippen molar-refractivity contribution in [3.05, 3.63) is 50.7 Å². The summed E-state index contributed by atoms with van der Waals surface area (Å²) in [6, 6.07) is 6.63. The smallest absolute Gasteiger partial charge is 0.335 e. The highest BCUT2D eigenvalue weighted by molar-refractivity contribution is 5.82. The molecular formula is C17H21N3O4. The zero-order valence-corrected chi connectivity index (χ0v) is 13.9.